The Kier molecular flexibility index (Phi) is 6.34. The zero-order valence-corrected chi connectivity index (χ0v) is 13.7. The molecule has 1 aliphatic rings. The average Bonchev–Trinajstić information content (AvgIpc) is 2.58. The highest BCUT2D eigenvalue weighted by molar-refractivity contribution is 5.74. The van der Waals surface area contributed by atoms with Crippen LogP contribution in [0.4, 0.5) is 18.0 Å². The summed E-state index contributed by atoms with van der Waals surface area (Å²) in [5.41, 5.74) is 0.812. The predicted molar refractivity (Wildman–Crippen MR) is 84.8 cm³/mol. The van der Waals surface area contributed by atoms with E-state index in [9.17, 15) is 18.0 Å². The Morgan fingerprint density at radius 3 is 2.67 bits per heavy atom. The third-order valence-corrected chi connectivity index (χ3v) is 4.15. The van der Waals surface area contributed by atoms with E-state index in [-0.39, 0.29) is 11.8 Å². The minimum absolute atomic E-state index is 0.0921. The van der Waals surface area contributed by atoms with Gasteiger partial charge in [0.1, 0.15) is 5.75 Å². The van der Waals surface area contributed by atoms with Gasteiger partial charge in [-0.2, -0.15) is 13.2 Å². The van der Waals surface area contributed by atoms with Gasteiger partial charge in [-0.05, 0) is 36.5 Å². The first kappa shape index (κ1) is 18.4. The molecule has 1 saturated heterocycles. The molecule has 2 amide bonds. The van der Waals surface area contributed by atoms with E-state index in [1.807, 2.05) is 4.90 Å². The van der Waals surface area contributed by atoms with E-state index in [0.29, 0.717) is 12.5 Å². The molecule has 7 heteroatoms. The van der Waals surface area contributed by atoms with Crippen LogP contribution < -0.4 is 10.1 Å². The first-order chi connectivity index (χ1) is 11.4. The minimum Gasteiger partial charge on any atom is -0.484 e. The molecular weight excluding hydrogens is 321 g/mol. The van der Waals surface area contributed by atoms with Crippen molar-refractivity contribution in [1.29, 1.82) is 0 Å². The normalized spacial score (nSPS) is 18.3. The molecule has 1 fully saturated rings. The van der Waals surface area contributed by atoms with Gasteiger partial charge in [-0.25, -0.2) is 4.79 Å². The van der Waals surface area contributed by atoms with Gasteiger partial charge in [0.15, 0.2) is 6.61 Å². The molecule has 1 unspecified atom stereocenters. The van der Waals surface area contributed by atoms with Crippen molar-refractivity contribution in [2.24, 2.45) is 5.92 Å². The fraction of sp³-hybridized carbons (Fsp3) is 0.588. The molecule has 1 aromatic carbocycles. The monoisotopic (exact) mass is 344 g/mol. The third-order valence-electron chi connectivity index (χ3n) is 4.15. The molecule has 1 aliphatic heterocycles. The molecule has 134 valence electrons. The second-order valence-corrected chi connectivity index (χ2v) is 6.07. The fourth-order valence-electron chi connectivity index (χ4n) is 2.74. The van der Waals surface area contributed by atoms with Crippen LogP contribution in [0, 0.1) is 5.92 Å². The van der Waals surface area contributed by atoms with Crippen LogP contribution >= 0.6 is 0 Å². The number of nitrogens with zero attached hydrogens (tertiary/aromatic N) is 1. The maximum absolute atomic E-state index is 12.2. The summed E-state index contributed by atoms with van der Waals surface area (Å²) in [6, 6.07) is 6.15. The van der Waals surface area contributed by atoms with Crippen molar-refractivity contribution in [1.82, 2.24) is 10.2 Å². The molecule has 1 N–H and O–H groups in total. The number of hydrogen-bond acceptors (Lipinski definition) is 2. The lowest BCUT2D eigenvalue weighted by Crippen LogP contribution is -2.45. The molecule has 1 atom stereocenters. The van der Waals surface area contributed by atoms with Crippen molar-refractivity contribution in [2.75, 3.05) is 19.7 Å². The molecule has 1 aromatic rings. The van der Waals surface area contributed by atoms with Gasteiger partial charge in [0, 0.05) is 19.6 Å². The zero-order chi connectivity index (χ0) is 17.6. The van der Waals surface area contributed by atoms with Gasteiger partial charge in [0.05, 0.1) is 0 Å². The molecule has 0 spiro atoms. The van der Waals surface area contributed by atoms with E-state index in [0.717, 1.165) is 31.5 Å². The summed E-state index contributed by atoms with van der Waals surface area (Å²) in [6.07, 6.45) is -1.09. The van der Waals surface area contributed by atoms with Gasteiger partial charge in [-0.15, -0.1) is 0 Å². The minimum atomic E-state index is -4.35. The first-order valence-electron chi connectivity index (χ1n) is 8.18. The molecule has 1 heterocycles. The van der Waals surface area contributed by atoms with Crippen molar-refractivity contribution in [3.05, 3.63) is 29.8 Å². The summed E-state index contributed by atoms with van der Waals surface area (Å²) in [5, 5.41) is 2.86. The predicted octanol–water partition coefficient (Wildman–Crippen LogP) is 3.96. The second-order valence-electron chi connectivity index (χ2n) is 6.07. The van der Waals surface area contributed by atoms with Gasteiger partial charge in [-0.1, -0.05) is 25.5 Å². The first-order valence-corrected chi connectivity index (χ1v) is 8.18. The summed E-state index contributed by atoms with van der Waals surface area (Å²) in [7, 11) is 0. The number of carbonyl (C=O) groups is 1. The van der Waals surface area contributed by atoms with Crippen molar-refractivity contribution < 1.29 is 22.7 Å². The standard InChI is InChI=1S/C17H23F3N2O2/c1-2-13-4-3-9-22(11-13)16(23)21-10-14-5-7-15(8-6-14)24-12-17(18,19)20/h5-8,13H,2-4,9-12H2,1H3,(H,21,23). The Morgan fingerprint density at radius 1 is 1.33 bits per heavy atom. The van der Waals surface area contributed by atoms with Crippen LogP contribution in [0.3, 0.4) is 0 Å². The zero-order valence-electron chi connectivity index (χ0n) is 13.7. The molecule has 0 bridgehead atoms. The van der Waals surface area contributed by atoms with Crippen LogP contribution in [0.1, 0.15) is 31.7 Å². The van der Waals surface area contributed by atoms with Crippen molar-refractivity contribution in [3.63, 3.8) is 0 Å². The molecule has 4 nitrogen and oxygen atoms in total. The molecule has 0 saturated carbocycles. The van der Waals surface area contributed by atoms with Gasteiger partial charge in [-0.3, -0.25) is 0 Å². The maximum Gasteiger partial charge on any atom is 0.422 e. The Bertz CT molecular complexity index is 532. The average molecular weight is 344 g/mol. The molecular formula is C17H23F3N2O2. The molecule has 0 radical (unpaired) electrons. The SMILES string of the molecule is CCC1CCCN(C(=O)NCc2ccc(OCC(F)(F)F)cc2)C1. The highest BCUT2D eigenvalue weighted by atomic mass is 19.4. The largest absolute Gasteiger partial charge is 0.484 e. The number of benzene rings is 1. The molecule has 2 rings (SSSR count). The van der Waals surface area contributed by atoms with Crippen LogP contribution in [-0.4, -0.2) is 36.8 Å². The summed E-state index contributed by atoms with van der Waals surface area (Å²) in [6.45, 7) is 2.72. The summed E-state index contributed by atoms with van der Waals surface area (Å²) in [5.74, 6) is 0.721. The van der Waals surface area contributed by atoms with Crippen LogP contribution in [0.25, 0.3) is 0 Å². The van der Waals surface area contributed by atoms with Gasteiger partial charge >= 0.3 is 12.2 Å². The summed E-state index contributed by atoms with van der Waals surface area (Å²) < 4.78 is 40.9. The second kappa shape index (κ2) is 8.26. The number of alkyl halides is 3. The number of likely N-dealkylation sites (tertiary alicyclic amines) is 1. The van der Waals surface area contributed by atoms with E-state index in [4.69, 9.17) is 0 Å². The Morgan fingerprint density at radius 2 is 2.04 bits per heavy atom. The highest BCUT2D eigenvalue weighted by Crippen LogP contribution is 2.20. The quantitative estimate of drug-likeness (QED) is 0.878. The number of carbonyl (C=O) groups excluding carboxylic acids is 1. The number of ether oxygens (including phenoxy) is 1. The highest BCUT2D eigenvalue weighted by Gasteiger charge is 2.28. The topological polar surface area (TPSA) is 41.6 Å². The van der Waals surface area contributed by atoms with E-state index in [2.05, 4.69) is 17.0 Å². The lowest BCUT2D eigenvalue weighted by Gasteiger charge is -2.32. The molecule has 0 aromatic heterocycles. The number of nitrogens with one attached hydrogen (secondary N) is 1. The van der Waals surface area contributed by atoms with Gasteiger partial charge < -0.3 is 15.0 Å². The lowest BCUT2D eigenvalue weighted by molar-refractivity contribution is -0.153. The smallest absolute Gasteiger partial charge is 0.422 e. The number of amides is 2. The molecule has 0 aliphatic carbocycles. The van der Waals surface area contributed by atoms with E-state index in [1.54, 1.807) is 12.1 Å². The van der Waals surface area contributed by atoms with E-state index >= 15 is 0 Å². The van der Waals surface area contributed by atoms with Gasteiger partial charge in [0.2, 0.25) is 0 Å². The number of urea groups is 1. The van der Waals surface area contributed by atoms with Crippen molar-refractivity contribution >= 4 is 6.03 Å². The van der Waals surface area contributed by atoms with Gasteiger partial charge in [0.25, 0.3) is 0 Å². The maximum atomic E-state index is 12.2. The summed E-state index contributed by atoms with van der Waals surface area (Å²) >= 11 is 0. The van der Waals surface area contributed by atoms with Crippen LogP contribution in [0.5, 0.6) is 5.75 Å². The summed E-state index contributed by atoms with van der Waals surface area (Å²) in [4.78, 5) is 14.0. The Balaban J connectivity index is 1.78. The number of rotatable bonds is 5. The Hall–Kier alpha value is -1.92. The van der Waals surface area contributed by atoms with E-state index in [1.165, 1.54) is 18.6 Å². The van der Waals surface area contributed by atoms with Crippen molar-refractivity contribution in [2.45, 2.75) is 38.9 Å². The lowest BCUT2D eigenvalue weighted by atomic mass is 9.96. The van der Waals surface area contributed by atoms with Crippen LogP contribution in [0.15, 0.2) is 24.3 Å². The molecule has 24 heavy (non-hydrogen) atoms. The van der Waals surface area contributed by atoms with Crippen LogP contribution in [-0.2, 0) is 6.54 Å². The number of halogens is 3. The fourth-order valence-corrected chi connectivity index (χ4v) is 2.74. The number of hydrogen-bond donors (Lipinski definition) is 1. The van der Waals surface area contributed by atoms with Crippen molar-refractivity contribution in [3.8, 4) is 5.75 Å². The van der Waals surface area contributed by atoms with Crippen LogP contribution in [0.2, 0.25) is 0 Å². The van der Waals surface area contributed by atoms with E-state index < -0.39 is 12.8 Å². The Labute approximate surface area is 140 Å². The number of piperidine rings is 1. The third kappa shape index (κ3) is 5.94.